The van der Waals surface area contributed by atoms with E-state index in [9.17, 15) is 0 Å². The predicted octanol–water partition coefficient (Wildman–Crippen LogP) is 1.46. The van der Waals surface area contributed by atoms with Gasteiger partial charge in [-0.05, 0) is 23.8 Å². The van der Waals surface area contributed by atoms with Gasteiger partial charge in [-0.3, -0.25) is 10.3 Å². The molecule has 0 amide bonds. The Labute approximate surface area is 101 Å². The molecule has 0 spiro atoms. The minimum atomic E-state index is 0.0932. The van der Waals surface area contributed by atoms with E-state index in [4.69, 9.17) is 12.2 Å². The molecule has 0 aliphatic carbocycles. The lowest BCUT2D eigenvalue weighted by Gasteiger charge is -2.16. The summed E-state index contributed by atoms with van der Waals surface area (Å²) in [6.45, 7) is 1.04. The quantitative estimate of drug-likeness (QED) is 0.774. The number of aromatic nitrogens is 1. The van der Waals surface area contributed by atoms with Crippen LogP contribution in [-0.4, -0.2) is 18.1 Å². The lowest BCUT2D eigenvalue weighted by Crippen LogP contribution is -2.28. The molecule has 3 nitrogen and oxygen atoms in total. The van der Waals surface area contributed by atoms with E-state index < -0.39 is 0 Å². The maximum Gasteiger partial charge on any atom is 0.0702 e. The van der Waals surface area contributed by atoms with Gasteiger partial charge in [0.2, 0.25) is 0 Å². The third kappa shape index (κ3) is 2.62. The molecular formula is C14H15N3. The van der Waals surface area contributed by atoms with Crippen molar-refractivity contribution in [2.45, 2.75) is 6.04 Å². The number of hydrogen-bond donors (Lipinski definition) is 2. The Morgan fingerprint density at radius 1 is 1.41 bits per heavy atom. The van der Waals surface area contributed by atoms with E-state index in [2.05, 4.69) is 22.3 Å². The highest BCUT2D eigenvalue weighted by atomic mass is 14.9. The molecule has 0 saturated heterocycles. The molecule has 1 unspecified atom stereocenters. The maximum absolute atomic E-state index is 5.74. The van der Waals surface area contributed by atoms with E-state index in [1.165, 1.54) is 0 Å². The van der Waals surface area contributed by atoms with E-state index >= 15 is 0 Å². The summed E-state index contributed by atoms with van der Waals surface area (Å²) in [6.07, 6.45) is 7.03. The number of hydrogen-bond acceptors (Lipinski definition) is 3. The lowest BCUT2D eigenvalue weighted by molar-refractivity contribution is 0.583. The number of nitrogens with two attached hydrogens (primary N) is 1. The van der Waals surface area contributed by atoms with Gasteiger partial charge in [0.05, 0.1) is 12.1 Å². The molecule has 0 fully saturated rings. The van der Waals surface area contributed by atoms with Crippen molar-refractivity contribution in [3.63, 3.8) is 0 Å². The van der Waals surface area contributed by atoms with Gasteiger partial charge in [0, 0.05) is 24.2 Å². The Morgan fingerprint density at radius 2 is 2.29 bits per heavy atom. The van der Waals surface area contributed by atoms with E-state index in [-0.39, 0.29) is 6.04 Å². The van der Waals surface area contributed by atoms with Crippen molar-refractivity contribution >= 4 is 10.9 Å². The first kappa shape index (κ1) is 11.6. The molecule has 1 heterocycles. The van der Waals surface area contributed by atoms with E-state index in [0.29, 0.717) is 13.1 Å². The van der Waals surface area contributed by atoms with Crippen molar-refractivity contribution in [1.82, 2.24) is 10.3 Å². The summed E-state index contributed by atoms with van der Waals surface area (Å²) in [4.78, 5) is 4.29. The van der Waals surface area contributed by atoms with Crippen molar-refractivity contribution in [3.05, 3.63) is 42.1 Å². The Balaban J connectivity index is 2.31. The summed E-state index contributed by atoms with van der Waals surface area (Å²) in [5.74, 6) is 2.56. The number of pyridine rings is 1. The molecule has 0 aliphatic rings. The van der Waals surface area contributed by atoms with Crippen LogP contribution >= 0.6 is 0 Å². The molecule has 86 valence electrons. The highest BCUT2D eigenvalue weighted by molar-refractivity contribution is 5.79. The number of terminal acetylenes is 1. The summed E-state index contributed by atoms with van der Waals surface area (Å²) in [5, 5.41) is 4.34. The van der Waals surface area contributed by atoms with Gasteiger partial charge in [0.15, 0.2) is 0 Å². The molecule has 0 saturated carbocycles. The summed E-state index contributed by atoms with van der Waals surface area (Å²) < 4.78 is 0. The normalized spacial score (nSPS) is 12.2. The van der Waals surface area contributed by atoms with Gasteiger partial charge in [-0.25, -0.2) is 0 Å². The van der Waals surface area contributed by atoms with E-state index in [1.807, 2.05) is 24.3 Å². The third-order valence-corrected chi connectivity index (χ3v) is 2.72. The summed E-state index contributed by atoms with van der Waals surface area (Å²) in [6, 6.07) is 10.2. The van der Waals surface area contributed by atoms with Crippen molar-refractivity contribution in [2.75, 3.05) is 13.1 Å². The molecule has 1 atom stereocenters. The van der Waals surface area contributed by atoms with Gasteiger partial charge in [0.1, 0.15) is 0 Å². The zero-order valence-corrected chi connectivity index (χ0v) is 9.56. The van der Waals surface area contributed by atoms with Crippen LogP contribution in [0.5, 0.6) is 0 Å². The largest absolute Gasteiger partial charge is 0.329 e. The topological polar surface area (TPSA) is 50.9 Å². The molecule has 2 aromatic rings. The molecule has 3 N–H and O–H groups in total. The van der Waals surface area contributed by atoms with Gasteiger partial charge >= 0.3 is 0 Å². The van der Waals surface area contributed by atoms with Gasteiger partial charge in [-0.1, -0.05) is 18.1 Å². The Morgan fingerprint density at radius 3 is 3.06 bits per heavy atom. The summed E-state index contributed by atoms with van der Waals surface area (Å²) in [7, 11) is 0. The maximum atomic E-state index is 5.74. The zero-order valence-electron chi connectivity index (χ0n) is 9.56. The second kappa shape index (κ2) is 5.44. The van der Waals surface area contributed by atoms with Crippen molar-refractivity contribution in [3.8, 4) is 12.3 Å². The lowest BCUT2D eigenvalue weighted by atomic mass is 10.0. The van der Waals surface area contributed by atoms with Crippen molar-refractivity contribution in [2.24, 2.45) is 5.73 Å². The number of fused-ring (bicyclic) bond motifs is 1. The summed E-state index contributed by atoms with van der Waals surface area (Å²) in [5.41, 5.74) is 7.87. The minimum Gasteiger partial charge on any atom is -0.329 e. The second-order valence-corrected chi connectivity index (χ2v) is 3.83. The molecule has 0 bridgehead atoms. The SMILES string of the molecule is C#CCNC(CN)c1ccc2ncccc2c1. The van der Waals surface area contributed by atoms with Crippen LogP contribution in [0.15, 0.2) is 36.5 Å². The fourth-order valence-corrected chi connectivity index (χ4v) is 1.83. The Kier molecular flexibility index (Phi) is 3.71. The van der Waals surface area contributed by atoms with Gasteiger partial charge < -0.3 is 5.73 Å². The van der Waals surface area contributed by atoms with Crippen LogP contribution in [0.3, 0.4) is 0 Å². The molecule has 0 aliphatic heterocycles. The summed E-state index contributed by atoms with van der Waals surface area (Å²) >= 11 is 0. The van der Waals surface area contributed by atoms with Crippen LogP contribution in [0.2, 0.25) is 0 Å². The number of nitrogens with one attached hydrogen (secondary N) is 1. The van der Waals surface area contributed by atoms with E-state index in [0.717, 1.165) is 16.5 Å². The van der Waals surface area contributed by atoms with Gasteiger partial charge in [0.25, 0.3) is 0 Å². The van der Waals surface area contributed by atoms with Gasteiger partial charge in [-0.15, -0.1) is 6.42 Å². The van der Waals surface area contributed by atoms with Crippen LogP contribution in [-0.2, 0) is 0 Å². The average molecular weight is 225 g/mol. The average Bonchev–Trinajstić information content (AvgIpc) is 2.39. The monoisotopic (exact) mass is 225 g/mol. The molecule has 2 rings (SSSR count). The van der Waals surface area contributed by atoms with Crippen LogP contribution in [0.4, 0.5) is 0 Å². The molecule has 1 aromatic heterocycles. The first-order valence-electron chi connectivity index (χ1n) is 5.56. The fraction of sp³-hybridized carbons (Fsp3) is 0.214. The zero-order chi connectivity index (χ0) is 12.1. The van der Waals surface area contributed by atoms with Crippen LogP contribution in [0.1, 0.15) is 11.6 Å². The third-order valence-electron chi connectivity index (χ3n) is 2.72. The highest BCUT2D eigenvalue weighted by Crippen LogP contribution is 2.18. The molecule has 1 aromatic carbocycles. The van der Waals surface area contributed by atoms with Crippen molar-refractivity contribution in [1.29, 1.82) is 0 Å². The number of nitrogens with zero attached hydrogens (tertiary/aromatic N) is 1. The van der Waals surface area contributed by atoms with Crippen LogP contribution in [0, 0.1) is 12.3 Å². The Hall–Kier alpha value is -1.89. The van der Waals surface area contributed by atoms with Crippen LogP contribution in [0.25, 0.3) is 10.9 Å². The standard InChI is InChI=1S/C14H15N3/c1-2-7-16-14(10-15)12-5-6-13-11(9-12)4-3-8-17-13/h1,3-6,8-9,14,16H,7,10,15H2. The Bertz CT molecular complexity index is 542. The number of benzene rings is 1. The minimum absolute atomic E-state index is 0.0932. The highest BCUT2D eigenvalue weighted by Gasteiger charge is 2.08. The van der Waals surface area contributed by atoms with Crippen molar-refractivity contribution < 1.29 is 0 Å². The predicted molar refractivity (Wildman–Crippen MR) is 70.4 cm³/mol. The van der Waals surface area contributed by atoms with Gasteiger partial charge in [-0.2, -0.15) is 0 Å². The first-order valence-corrected chi connectivity index (χ1v) is 5.56. The molecule has 3 heteroatoms. The smallest absolute Gasteiger partial charge is 0.0702 e. The molecule has 17 heavy (non-hydrogen) atoms. The first-order chi connectivity index (χ1) is 8.35. The molecular weight excluding hydrogens is 210 g/mol. The fourth-order valence-electron chi connectivity index (χ4n) is 1.83. The van der Waals surface area contributed by atoms with E-state index in [1.54, 1.807) is 6.20 Å². The second-order valence-electron chi connectivity index (χ2n) is 3.83. The van der Waals surface area contributed by atoms with Crippen LogP contribution < -0.4 is 11.1 Å². The molecule has 0 radical (unpaired) electrons. The number of rotatable bonds is 4.